The van der Waals surface area contributed by atoms with E-state index in [9.17, 15) is 0 Å². The third kappa shape index (κ3) is 5.54. The van der Waals surface area contributed by atoms with E-state index in [1.54, 1.807) is 0 Å². The van der Waals surface area contributed by atoms with Gasteiger partial charge in [-0.3, -0.25) is 0 Å². The molecule has 3 heterocycles. The van der Waals surface area contributed by atoms with Gasteiger partial charge in [-0.1, -0.05) is 121 Å². The average molecular weight is 774 g/mol. The van der Waals surface area contributed by atoms with E-state index in [1.165, 1.54) is 43.0 Å². The lowest BCUT2D eigenvalue weighted by atomic mass is 9.99. The molecule has 2 aliphatic heterocycles. The van der Waals surface area contributed by atoms with Crippen LogP contribution in [0.3, 0.4) is 0 Å². The van der Waals surface area contributed by atoms with E-state index in [-0.39, 0.29) is 0 Å². The molecule has 0 fully saturated rings. The van der Waals surface area contributed by atoms with Crippen molar-refractivity contribution in [2.75, 3.05) is 9.80 Å². The zero-order valence-corrected chi connectivity index (χ0v) is 32.7. The summed E-state index contributed by atoms with van der Waals surface area (Å²) in [5.74, 6) is 1.64. The van der Waals surface area contributed by atoms with Crippen LogP contribution in [0, 0.1) is 0 Å². The van der Waals surface area contributed by atoms with Crippen LogP contribution in [-0.2, 0) is 0 Å². The smallest absolute Gasteiger partial charge is 0.152 e. The van der Waals surface area contributed by atoms with Crippen LogP contribution >= 0.6 is 11.8 Å². The Bertz CT molecular complexity index is 3230. The van der Waals surface area contributed by atoms with Crippen molar-refractivity contribution in [2.24, 2.45) is 0 Å². The summed E-state index contributed by atoms with van der Waals surface area (Å²) in [5.41, 5.74) is 14.6. The molecule has 10 aromatic rings. The number of aromatic nitrogens is 1. The van der Waals surface area contributed by atoms with Gasteiger partial charge in [-0.2, -0.15) is 0 Å². The lowest BCUT2D eigenvalue weighted by molar-refractivity contribution is 0.477. The van der Waals surface area contributed by atoms with E-state index in [0.717, 1.165) is 62.2 Å². The molecular weight excluding hydrogens is 739 g/mol. The number of hydrogen-bond acceptors (Lipinski definition) is 4. The van der Waals surface area contributed by atoms with Crippen LogP contribution in [0.5, 0.6) is 11.5 Å². The molecule has 2 aliphatic rings. The van der Waals surface area contributed by atoms with Crippen molar-refractivity contribution in [3.8, 4) is 39.4 Å². The summed E-state index contributed by atoms with van der Waals surface area (Å²) in [6.07, 6.45) is 0. The SMILES string of the molecule is c1ccc(N2c3ccc(-c4ccc5c(c4)Sc4ccccc4N5c4ccccc4)cc3Oc3cc(-c4ccc5c(c4)c4ccccc4n5-c4ccccc4)ccc32)cc1. The van der Waals surface area contributed by atoms with Gasteiger partial charge in [0, 0.05) is 37.6 Å². The van der Waals surface area contributed by atoms with Crippen molar-refractivity contribution >= 4 is 67.7 Å². The van der Waals surface area contributed by atoms with Gasteiger partial charge in [-0.25, -0.2) is 0 Å². The van der Waals surface area contributed by atoms with Crippen LogP contribution in [0.15, 0.2) is 222 Å². The fourth-order valence-corrected chi connectivity index (χ4v) is 9.92. The Kier molecular flexibility index (Phi) is 7.75. The van der Waals surface area contributed by atoms with Crippen molar-refractivity contribution in [3.05, 3.63) is 212 Å². The number of anilines is 6. The summed E-state index contributed by atoms with van der Waals surface area (Å²) in [7, 11) is 0. The Labute approximate surface area is 346 Å². The Morgan fingerprint density at radius 3 is 1.47 bits per heavy atom. The topological polar surface area (TPSA) is 20.6 Å². The van der Waals surface area contributed by atoms with Gasteiger partial charge in [0.15, 0.2) is 11.5 Å². The maximum atomic E-state index is 6.95. The van der Waals surface area contributed by atoms with E-state index in [4.69, 9.17) is 4.74 Å². The summed E-state index contributed by atoms with van der Waals surface area (Å²) in [6.45, 7) is 0. The molecule has 0 unspecified atom stereocenters. The Balaban J connectivity index is 0.949. The minimum atomic E-state index is 0.818. The highest BCUT2D eigenvalue weighted by molar-refractivity contribution is 7.99. The second kappa shape index (κ2) is 13.6. The zero-order chi connectivity index (χ0) is 38.9. The number of fused-ring (bicyclic) bond motifs is 7. The minimum absolute atomic E-state index is 0.818. The zero-order valence-electron chi connectivity index (χ0n) is 31.9. The largest absolute Gasteiger partial charge is 0.453 e. The first-order valence-corrected chi connectivity index (χ1v) is 20.7. The highest BCUT2D eigenvalue weighted by Crippen LogP contribution is 2.54. The van der Waals surface area contributed by atoms with E-state index >= 15 is 0 Å². The van der Waals surface area contributed by atoms with Crippen molar-refractivity contribution < 1.29 is 4.74 Å². The van der Waals surface area contributed by atoms with Crippen molar-refractivity contribution in [3.63, 3.8) is 0 Å². The number of hydrogen-bond donors (Lipinski definition) is 0. The molecule has 0 radical (unpaired) electrons. The van der Waals surface area contributed by atoms with Gasteiger partial charge < -0.3 is 19.1 Å². The van der Waals surface area contributed by atoms with Crippen molar-refractivity contribution in [1.29, 1.82) is 0 Å². The molecule has 0 spiro atoms. The fourth-order valence-electron chi connectivity index (χ4n) is 8.82. The van der Waals surface area contributed by atoms with Gasteiger partial charge in [-0.15, -0.1) is 0 Å². The molecular formula is C54H35N3OS. The van der Waals surface area contributed by atoms with E-state index in [0.29, 0.717) is 0 Å². The van der Waals surface area contributed by atoms with Crippen LogP contribution in [0.2, 0.25) is 0 Å². The molecule has 0 bridgehead atoms. The number of nitrogens with zero attached hydrogens (tertiary/aromatic N) is 3. The van der Waals surface area contributed by atoms with Gasteiger partial charge >= 0.3 is 0 Å². The van der Waals surface area contributed by atoms with Crippen LogP contribution in [0.1, 0.15) is 0 Å². The molecule has 0 amide bonds. The molecule has 9 aromatic carbocycles. The molecule has 1 aromatic heterocycles. The molecule has 0 aliphatic carbocycles. The fraction of sp³-hybridized carbons (Fsp3) is 0. The van der Waals surface area contributed by atoms with Crippen molar-refractivity contribution in [1.82, 2.24) is 4.57 Å². The molecule has 5 heteroatoms. The standard InChI is InChI=1S/C54H35N3OS/c1-4-14-40(15-5-1)55-45-21-11-10-20-43(45)44-32-36(24-28-46(44)55)37-25-29-47-51(33-37)58-52-34-38(26-30-48(52)56(47)41-16-6-2-7-17-41)39-27-31-50-54(35-39)59-53-23-13-12-22-49(53)57(50)42-18-8-3-9-19-42/h1-35H. The number of ether oxygens (including phenoxy) is 1. The third-order valence-corrected chi connectivity index (χ3v) is 12.6. The Morgan fingerprint density at radius 2 is 0.797 bits per heavy atom. The maximum absolute atomic E-state index is 6.95. The van der Waals surface area contributed by atoms with Gasteiger partial charge in [0.05, 0.1) is 33.8 Å². The normalized spacial score (nSPS) is 12.7. The highest BCUT2D eigenvalue weighted by atomic mass is 32.2. The molecule has 0 N–H and O–H groups in total. The number of para-hydroxylation sites is 5. The summed E-state index contributed by atoms with van der Waals surface area (Å²) < 4.78 is 9.31. The molecule has 0 atom stereocenters. The first-order valence-electron chi connectivity index (χ1n) is 19.9. The predicted octanol–water partition coefficient (Wildman–Crippen LogP) is 15.6. The molecule has 4 nitrogen and oxygen atoms in total. The van der Waals surface area contributed by atoms with E-state index in [1.807, 2.05) is 11.8 Å². The summed E-state index contributed by atoms with van der Waals surface area (Å²) in [5, 5.41) is 2.46. The molecule has 0 saturated heterocycles. The van der Waals surface area contributed by atoms with E-state index < -0.39 is 0 Å². The molecule has 278 valence electrons. The third-order valence-electron chi connectivity index (χ3n) is 11.5. The van der Waals surface area contributed by atoms with Crippen LogP contribution in [-0.4, -0.2) is 4.57 Å². The maximum Gasteiger partial charge on any atom is 0.152 e. The summed E-state index contributed by atoms with van der Waals surface area (Å²) in [4.78, 5) is 7.14. The summed E-state index contributed by atoms with van der Waals surface area (Å²) in [6, 6.07) is 76.0. The quantitative estimate of drug-likeness (QED) is 0.174. The second-order valence-electron chi connectivity index (χ2n) is 15.0. The van der Waals surface area contributed by atoms with Crippen LogP contribution in [0.25, 0.3) is 49.7 Å². The average Bonchev–Trinajstić information content (AvgIpc) is 3.64. The Morgan fingerprint density at radius 1 is 0.322 bits per heavy atom. The number of rotatable bonds is 5. The first kappa shape index (κ1) is 33.6. The lowest BCUT2D eigenvalue weighted by Crippen LogP contribution is -2.16. The second-order valence-corrected chi connectivity index (χ2v) is 16.1. The van der Waals surface area contributed by atoms with Crippen LogP contribution in [0.4, 0.5) is 34.1 Å². The van der Waals surface area contributed by atoms with Gasteiger partial charge in [0.25, 0.3) is 0 Å². The molecule has 59 heavy (non-hydrogen) atoms. The minimum Gasteiger partial charge on any atom is -0.453 e. The monoisotopic (exact) mass is 773 g/mol. The molecule has 12 rings (SSSR count). The number of benzene rings is 9. The van der Waals surface area contributed by atoms with E-state index in [2.05, 4.69) is 227 Å². The first-order chi connectivity index (χ1) is 29.2. The predicted molar refractivity (Wildman–Crippen MR) is 245 cm³/mol. The summed E-state index contributed by atoms with van der Waals surface area (Å²) >= 11 is 1.83. The van der Waals surface area contributed by atoms with Gasteiger partial charge in [0.1, 0.15) is 0 Å². The highest BCUT2D eigenvalue weighted by Gasteiger charge is 2.28. The molecule has 0 saturated carbocycles. The van der Waals surface area contributed by atoms with Gasteiger partial charge in [-0.05, 0) is 125 Å². The Hall–Kier alpha value is -7.47. The lowest BCUT2D eigenvalue weighted by Gasteiger charge is -2.34. The van der Waals surface area contributed by atoms with Crippen molar-refractivity contribution in [2.45, 2.75) is 9.79 Å². The van der Waals surface area contributed by atoms with Gasteiger partial charge in [0.2, 0.25) is 0 Å². The van der Waals surface area contributed by atoms with Crippen LogP contribution < -0.4 is 14.5 Å².